The van der Waals surface area contributed by atoms with Crippen molar-refractivity contribution in [1.82, 2.24) is 0 Å². The highest BCUT2D eigenvalue weighted by Crippen LogP contribution is 2.55. The van der Waals surface area contributed by atoms with Crippen molar-refractivity contribution in [2.75, 3.05) is 0 Å². The van der Waals surface area contributed by atoms with Crippen LogP contribution in [0.1, 0.15) is 12.0 Å². The molecule has 1 saturated carbocycles. The third-order valence-corrected chi connectivity index (χ3v) is 2.91. The summed E-state index contributed by atoms with van der Waals surface area (Å²) in [5.41, 5.74) is 0.623. The molecular weight excluding hydrogens is 250 g/mol. The number of hydrogen-bond acceptors (Lipinski definition) is 1. The first-order chi connectivity index (χ1) is 7.90. The Hall–Kier alpha value is -1.42. The van der Waals surface area contributed by atoms with Crippen LogP contribution in [0, 0.1) is 5.92 Å². The summed E-state index contributed by atoms with van der Waals surface area (Å²) in [4.78, 5) is 10.6. The van der Waals surface area contributed by atoms with Gasteiger partial charge in [0.15, 0.2) is 0 Å². The van der Waals surface area contributed by atoms with Crippen LogP contribution < -0.4 is 0 Å². The van der Waals surface area contributed by atoms with Crippen LogP contribution in [0.5, 0.6) is 0 Å². The lowest BCUT2D eigenvalue weighted by Crippen LogP contribution is -2.00. The number of rotatable bonds is 3. The van der Waals surface area contributed by atoms with Crippen LogP contribution in [0.4, 0.5) is 8.78 Å². The minimum atomic E-state index is -2.79. The fourth-order valence-electron chi connectivity index (χ4n) is 1.71. The van der Waals surface area contributed by atoms with Gasteiger partial charge in [0.25, 0.3) is 5.92 Å². The quantitative estimate of drug-likeness (QED) is 0.843. The third-order valence-electron chi connectivity index (χ3n) is 2.66. The Morgan fingerprint density at radius 2 is 1.94 bits per heavy atom. The lowest BCUT2D eigenvalue weighted by Gasteiger charge is -2.06. The maximum absolute atomic E-state index is 13.0. The molecule has 1 fully saturated rings. The monoisotopic (exact) mass is 258 g/mol. The van der Waals surface area contributed by atoms with Gasteiger partial charge in [-0.2, -0.15) is 0 Å². The van der Waals surface area contributed by atoms with Gasteiger partial charge in [-0.3, -0.25) is 0 Å². The normalized spacial score (nSPS) is 22.3. The minimum absolute atomic E-state index is 0.152. The van der Waals surface area contributed by atoms with Crippen LogP contribution in [0.3, 0.4) is 0 Å². The van der Waals surface area contributed by atoms with E-state index < -0.39 is 17.8 Å². The number of carboxylic acids is 1. The molecule has 5 heteroatoms. The largest absolute Gasteiger partial charge is 0.478 e. The molecule has 1 aliphatic rings. The van der Waals surface area contributed by atoms with Gasteiger partial charge in [0.05, 0.1) is 5.92 Å². The Bertz CT molecular complexity index is 480. The Morgan fingerprint density at radius 3 is 2.35 bits per heavy atom. The molecule has 0 bridgehead atoms. The first-order valence-corrected chi connectivity index (χ1v) is 5.36. The van der Waals surface area contributed by atoms with E-state index in [2.05, 4.69) is 0 Å². The Morgan fingerprint density at radius 1 is 1.41 bits per heavy atom. The van der Waals surface area contributed by atoms with E-state index in [1.165, 1.54) is 0 Å². The van der Waals surface area contributed by atoms with Gasteiger partial charge in [-0.15, -0.1) is 0 Å². The number of carboxylic acid groups (broad SMARTS) is 1. The number of aliphatic carboxylic acids is 1. The molecule has 17 heavy (non-hydrogen) atoms. The number of allylic oxidation sites excluding steroid dienone is 1. The standard InChI is InChI=1S/C12H9ClF2O2/c13-8-3-1-7(2-4-8)9(5-11(16)17)10-6-12(10,14)15/h1-5,10H,6H2,(H,16,17)/b9-5-. The van der Waals surface area contributed by atoms with Gasteiger partial charge >= 0.3 is 5.97 Å². The van der Waals surface area contributed by atoms with Gasteiger partial charge in [-0.05, 0) is 23.3 Å². The van der Waals surface area contributed by atoms with Crippen molar-refractivity contribution in [2.24, 2.45) is 5.92 Å². The van der Waals surface area contributed by atoms with Crippen molar-refractivity contribution >= 4 is 23.1 Å². The van der Waals surface area contributed by atoms with Crippen molar-refractivity contribution in [2.45, 2.75) is 12.3 Å². The molecule has 0 amide bonds. The van der Waals surface area contributed by atoms with Crippen LogP contribution in [0.2, 0.25) is 5.02 Å². The Balaban J connectivity index is 2.35. The molecule has 0 aliphatic heterocycles. The second kappa shape index (κ2) is 4.11. The van der Waals surface area contributed by atoms with Crippen molar-refractivity contribution in [3.8, 4) is 0 Å². The zero-order chi connectivity index (χ0) is 12.6. The third kappa shape index (κ3) is 2.64. The van der Waals surface area contributed by atoms with Gasteiger partial charge < -0.3 is 5.11 Å². The molecule has 1 unspecified atom stereocenters. The lowest BCUT2D eigenvalue weighted by atomic mass is 10.0. The molecule has 2 rings (SSSR count). The Kier molecular flexibility index (Phi) is 2.91. The molecular formula is C12H9ClF2O2. The van der Waals surface area contributed by atoms with E-state index in [1.807, 2.05) is 0 Å². The highest BCUT2D eigenvalue weighted by molar-refractivity contribution is 6.30. The maximum Gasteiger partial charge on any atom is 0.328 e. The highest BCUT2D eigenvalue weighted by atomic mass is 35.5. The van der Waals surface area contributed by atoms with Crippen LogP contribution in [0.25, 0.3) is 5.57 Å². The summed E-state index contributed by atoms with van der Waals surface area (Å²) in [6, 6.07) is 6.19. The molecule has 0 radical (unpaired) electrons. The summed E-state index contributed by atoms with van der Waals surface area (Å²) < 4.78 is 26.0. The molecule has 1 aromatic rings. The van der Waals surface area contributed by atoms with Gasteiger partial charge in [0.1, 0.15) is 0 Å². The first kappa shape index (κ1) is 12.0. The molecule has 0 spiro atoms. The van der Waals surface area contributed by atoms with Crippen molar-refractivity contribution < 1.29 is 18.7 Å². The smallest absolute Gasteiger partial charge is 0.328 e. The van der Waals surface area contributed by atoms with E-state index in [0.29, 0.717) is 10.6 Å². The summed E-state index contributed by atoms with van der Waals surface area (Å²) in [7, 11) is 0. The molecule has 0 saturated heterocycles. The molecule has 1 atom stereocenters. The van der Waals surface area contributed by atoms with Gasteiger partial charge in [0, 0.05) is 17.5 Å². The van der Waals surface area contributed by atoms with Gasteiger partial charge in [0.2, 0.25) is 0 Å². The molecule has 90 valence electrons. The van der Waals surface area contributed by atoms with Crippen molar-refractivity contribution in [3.63, 3.8) is 0 Å². The summed E-state index contributed by atoms with van der Waals surface area (Å²) in [6.45, 7) is 0. The van der Waals surface area contributed by atoms with E-state index in [9.17, 15) is 13.6 Å². The van der Waals surface area contributed by atoms with Crippen LogP contribution in [-0.2, 0) is 4.79 Å². The number of benzene rings is 1. The van der Waals surface area contributed by atoms with E-state index >= 15 is 0 Å². The topological polar surface area (TPSA) is 37.3 Å². The molecule has 0 aromatic heterocycles. The molecule has 1 N–H and O–H groups in total. The minimum Gasteiger partial charge on any atom is -0.478 e. The van der Waals surface area contributed by atoms with Crippen molar-refractivity contribution in [1.29, 1.82) is 0 Å². The molecule has 1 aliphatic carbocycles. The van der Waals surface area contributed by atoms with Gasteiger partial charge in [-0.1, -0.05) is 23.7 Å². The Labute approximate surface area is 102 Å². The van der Waals surface area contributed by atoms with E-state index in [0.717, 1.165) is 6.08 Å². The summed E-state index contributed by atoms with van der Waals surface area (Å²) in [5.74, 6) is -5.02. The van der Waals surface area contributed by atoms with E-state index in [1.54, 1.807) is 24.3 Å². The maximum atomic E-state index is 13.0. The molecule has 2 nitrogen and oxygen atoms in total. The SMILES string of the molecule is O=C(O)/C=C(/c1ccc(Cl)cc1)C1CC1(F)F. The van der Waals surface area contributed by atoms with E-state index in [4.69, 9.17) is 16.7 Å². The predicted octanol–water partition coefficient (Wildman–Crippen LogP) is 3.46. The number of carbonyl (C=O) groups is 1. The van der Waals surface area contributed by atoms with E-state index in [-0.39, 0.29) is 12.0 Å². The summed E-state index contributed by atoms with van der Waals surface area (Å²) in [6.07, 6.45) is 0.545. The number of hydrogen-bond donors (Lipinski definition) is 1. The average molecular weight is 259 g/mol. The second-order valence-electron chi connectivity index (χ2n) is 3.96. The molecule has 1 aromatic carbocycles. The van der Waals surface area contributed by atoms with Gasteiger partial charge in [-0.25, -0.2) is 13.6 Å². The number of halogens is 3. The van der Waals surface area contributed by atoms with Crippen LogP contribution in [0.15, 0.2) is 30.3 Å². The van der Waals surface area contributed by atoms with Crippen molar-refractivity contribution in [3.05, 3.63) is 40.9 Å². The number of alkyl halides is 2. The fraction of sp³-hybridized carbons (Fsp3) is 0.250. The fourth-order valence-corrected chi connectivity index (χ4v) is 1.84. The lowest BCUT2D eigenvalue weighted by molar-refractivity contribution is -0.131. The average Bonchev–Trinajstić information content (AvgIpc) is 2.85. The molecule has 0 heterocycles. The summed E-state index contributed by atoms with van der Waals surface area (Å²) >= 11 is 5.69. The second-order valence-corrected chi connectivity index (χ2v) is 4.40. The van der Waals surface area contributed by atoms with Crippen LogP contribution >= 0.6 is 11.6 Å². The first-order valence-electron chi connectivity index (χ1n) is 4.98. The zero-order valence-corrected chi connectivity index (χ0v) is 9.42. The van der Waals surface area contributed by atoms with Crippen LogP contribution in [-0.4, -0.2) is 17.0 Å². The zero-order valence-electron chi connectivity index (χ0n) is 8.66. The highest BCUT2D eigenvalue weighted by Gasteiger charge is 2.58. The predicted molar refractivity (Wildman–Crippen MR) is 60.1 cm³/mol. The summed E-state index contributed by atoms with van der Waals surface area (Å²) in [5, 5.41) is 9.18.